The van der Waals surface area contributed by atoms with E-state index < -0.39 is 0 Å². The van der Waals surface area contributed by atoms with Crippen molar-refractivity contribution in [2.45, 2.75) is 0 Å². The van der Waals surface area contributed by atoms with Crippen LogP contribution >= 0.6 is 11.5 Å². The van der Waals surface area contributed by atoms with Gasteiger partial charge in [0.15, 0.2) is 0 Å². The van der Waals surface area contributed by atoms with Gasteiger partial charge in [0, 0.05) is 11.4 Å². The molecule has 2 heterocycles. The third-order valence-electron chi connectivity index (χ3n) is 1.15. The number of hydrogen-bond donors (Lipinski definition) is 1. The van der Waals surface area contributed by atoms with Crippen molar-refractivity contribution in [2.24, 2.45) is 0 Å². The molecule has 0 spiro atoms. The number of nitrogens with two attached hydrogens (primary N) is 1. The molecule has 0 aliphatic carbocycles. The Morgan fingerprint density at radius 2 is 2.36 bits per heavy atom. The van der Waals surface area contributed by atoms with E-state index in [0.29, 0.717) is 11.4 Å². The first kappa shape index (κ1) is 6.29. The molecule has 11 heavy (non-hydrogen) atoms. The highest BCUT2D eigenvalue weighted by Crippen LogP contribution is 2.17. The number of hydrogen-bond acceptors (Lipinski definition) is 6. The molecular formula is C5H4N4OS. The summed E-state index contributed by atoms with van der Waals surface area (Å²) < 4.78 is 8.33. The standard InChI is InChI=1S/C5H4N4OS/c6-5-1-3(8-10-5)4-2-11-9-7-4/h1-2H,6H2. The molecule has 0 amide bonds. The zero-order chi connectivity index (χ0) is 7.68. The van der Waals surface area contributed by atoms with Crippen LogP contribution in [0.15, 0.2) is 16.0 Å². The Balaban J connectivity index is 2.45. The Morgan fingerprint density at radius 3 is 2.91 bits per heavy atom. The van der Waals surface area contributed by atoms with Gasteiger partial charge in [-0.2, -0.15) is 0 Å². The topological polar surface area (TPSA) is 77.8 Å². The first-order valence-corrected chi connectivity index (χ1v) is 3.69. The van der Waals surface area contributed by atoms with Crippen LogP contribution < -0.4 is 5.73 Å². The van der Waals surface area contributed by atoms with Gasteiger partial charge in [-0.05, 0) is 11.5 Å². The number of rotatable bonds is 1. The van der Waals surface area contributed by atoms with E-state index in [1.165, 1.54) is 11.5 Å². The van der Waals surface area contributed by atoms with Crippen LogP contribution in [0.2, 0.25) is 0 Å². The summed E-state index contributed by atoms with van der Waals surface area (Å²) in [4.78, 5) is 0. The second-order valence-corrected chi connectivity index (χ2v) is 2.51. The lowest BCUT2D eigenvalue weighted by atomic mass is 10.3. The van der Waals surface area contributed by atoms with Gasteiger partial charge < -0.3 is 10.3 Å². The van der Waals surface area contributed by atoms with Gasteiger partial charge in [-0.3, -0.25) is 0 Å². The molecule has 2 N–H and O–H groups in total. The molecule has 5 nitrogen and oxygen atoms in total. The van der Waals surface area contributed by atoms with Gasteiger partial charge in [-0.25, -0.2) is 0 Å². The average Bonchev–Trinajstić information content (AvgIpc) is 2.55. The monoisotopic (exact) mass is 168 g/mol. The SMILES string of the molecule is Nc1cc(-c2csnn2)no1. The smallest absolute Gasteiger partial charge is 0.222 e. The van der Waals surface area contributed by atoms with Crippen molar-refractivity contribution < 1.29 is 4.52 Å². The molecule has 0 unspecified atom stereocenters. The molecule has 2 aromatic rings. The van der Waals surface area contributed by atoms with Crippen molar-refractivity contribution in [2.75, 3.05) is 5.73 Å². The van der Waals surface area contributed by atoms with Gasteiger partial charge in [0.25, 0.3) is 0 Å². The average molecular weight is 168 g/mol. The predicted molar refractivity (Wildman–Crippen MR) is 39.8 cm³/mol. The Hall–Kier alpha value is -1.43. The maximum Gasteiger partial charge on any atom is 0.222 e. The van der Waals surface area contributed by atoms with E-state index >= 15 is 0 Å². The van der Waals surface area contributed by atoms with Crippen molar-refractivity contribution >= 4 is 17.4 Å². The molecule has 56 valence electrons. The molecule has 0 fully saturated rings. The second kappa shape index (κ2) is 2.31. The Labute approximate surface area is 66.0 Å². The lowest BCUT2D eigenvalue weighted by Crippen LogP contribution is -1.77. The minimum absolute atomic E-state index is 0.285. The molecule has 0 aliphatic heterocycles. The summed E-state index contributed by atoms with van der Waals surface area (Å²) in [6, 6.07) is 1.61. The zero-order valence-electron chi connectivity index (χ0n) is 5.39. The van der Waals surface area contributed by atoms with Gasteiger partial charge in [-0.15, -0.1) is 5.10 Å². The highest BCUT2D eigenvalue weighted by molar-refractivity contribution is 7.03. The third kappa shape index (κ3) is 1.07. The summed E-state index contributed by atoms with van der Waals surface area (Å²) in [6.45, 7) is 0. The fourth-order valence-corrected chi connectivity index (χ4v) is 1.14. The Kier molecular flexibility index (Phi) is 1.32. The molecule has 2 rings (SSSR count). The quantitative estimate of drug-likeness (QED) is 0.680. The minimum Gasteiger partial charge on any atom is -0.368 e. The van der Waals surface area contributed by atoms with Gasteiger partial charge in [0.05, 0.1) is 0 Å². The maximum absolute atomic E-state index is 5.31. The van der Waals surface area contributed by atoms with Gasteiger partial charge in [0.2, 0.25) is 5.88 Å². The summed E-state index contributed by atoms with van der Waals surface area (Å²) in [5.74, 6) is 0.285. The molecule has 0 saturated carbocycles. The molecule has 0 radical (unpaired) electrons. The predicted octanol–water partition coefficient (Wildman–Crippen LogP) is 0.775. The maximum atomic E-state index is 5.31. The largest absolute Gasteiger partial charge is 0.368 e. The van der Waals surface area contributed by atoms with E-state index in [-0.39, 0.29) is 5.88 Å². The van der Waals surface area contributed by atoms with Crippen LogP contribution in [0.4, 0.5) is 5.88 Å². The summed E-state index contributed by atoms with van der Waals surface area (Å²) in [6.07, 6.45) is 0. The van der Waals surface area contributed by atoms with E-state index in [1.54, 1.807) is 11.4 Å². The number of aromatic nitrogens is 3. The summed E-state index contributed by atoms with van der Waals surface area (Å²) in [5, 5.41) is 9.23. The van der Waals surface area contributed by atoms with E-state index in [2.05, 4.69) is 19.3 Å². The first-order valence-electron chi connectivity index (χ1n) is 2.86. The fraction of sp³-hybridized carbons (Fsp3) is 0. The minimum atomic E-state index is 0.285. The Bertz CT molecular complexity index is 341. The van der Waals surface area contributed by atoms with Crippen LogP contribution in [0, 0.1) is 0 Å². The van der Waals surface area contributed by atoms with E-state index in [1.807, 2.05) is 0 Å². The fourth-order valence-electron chi connectivity index (χ4n) is 0.686. The van der Waals surface area contributed by atoms with E-state index in [0.717, 1.165) is 0 Å². The number of anilines is 1. The summed E-state index contributed by atoms with van der Waals surface area (Å²) >= 11 is 1.26. The number of nitrogen functional groups attached to an aromatic ring is 1. The van der Waals surface area contributed by atoms with Crippen LogP contribution in [0.5, 0.6) is 0 Å². The normalized spacial score (nSPS) is 10.2. The van der Waals surface area contributed by atoms with Crippen molar-refractivity contribution in [3.63, 3.8) is 0 Å². The first-order chi connectivity index (χ1) is 5.36. The highest BCUT2D eigenvalue weighted by Gasteiger charge is 2.05. The lowest BCUT2D eigenvalue weighted by molar-refractivity contribution is 0.439. The van der Waals surface area contributed by atoms with Crippen LogP contribution in [0.25, 0.3) is 11.4 Å². The highest BCUT2D eigenvalue weighted by atomic mass is 32.1. The van der Waals surface area contributed by atoms with E-state index in [4.69, 9.17) is 5.73 Å². The number of nitrogens with zero attached hydrogens (tertiary/aromatic N) is 3. The van der Waals surface area contributed by atoms with Crippen LogP contribution in [-0.2, 0) is 0 Å². The van der Waals surface area contributed by atoms with Gasteiger partial charge in [0.1, 0.15) is 11.4 Å². The van der Waals surface area contributed by atoms with Crippen LogP contribution in [-0.4, -0.2) is 14.7 Å². The molecular weight excluding hydrogens is 164 g/mol. The second-order valence-electron chi connectivity index (χ2n) is 1.90. The van der Waals surface area contributed by atoms with Crippen molar-refractivity contribution in [3.05, 3.63) is 11.4 Å². The van der Waals surface area contributed by atoms with E-state index in [9.17, 15) is 0 Å². The van der Waals surface area contributed by atoms with Crippen LogP contribution in [0.1, 0.15) is 0 Å². The van der Waals surface area contributed by atoms with Crippen molar-refractivity contribution in [1.29, 1.82) is 0 Å². The van der Waals surface area contributed by atoms with Crippen molar-refractivity contribution in [1.82, 2.24) is 14.7 Å². The Morgan fingerprint density at radius 1 is 1.45 bits per heavy atom. The molecule has 6 heteroatoms. The lowest BCUT2D eigenvalue weighted by Gasteiger charge is -1.78. The molecule has 2 aromatic heterocycles. The molecule has 0 bridgehead atoms. The van der Waals surface area contributed by atoms with Gasteiger partial charge in [-0.1, -0.05) is 9.64 Å². The zero-order valence-corrected chi connectivity index (χ0v) is 6.21. The molecule has 0 aromatic carbocycles. The summed E-state index contributed by atoms with van der Waals surface area (Å²) in [7, 11) is 0. The van der Waals surface area contributed by atoms with Gasteiger partial charge >= 0.3 is 0 Å². The third-order valence-corrected chi connectivity index (χ3v) is 1.66. The van der Waals surface area contributed by atoms with Crippen molar-refractivity contribution in [3.8, 4) is 11.4 Å². The summed E-state index contributed by atoms with van der Waals surface area (Å²) in [5.41, 5.74) is 6.62. The molecule has 0 atom stereocenters. The molecule has 0 saturated heterocycles. The molecule has 0 aliphatic rings. The van der Waals surface area contributed by atoms with Crippen LogP contribution in [0.3, 0.4) is 0 Å².